The van der Waals surface area contributed by atoms with E-state index in [-0.39, 0.29) is 17.9 Å². The van der Waals surface area contributed by atoms with Gasteiger partial charge in [0.2, 0.25) is 0 Å². The standard InChI is InChI=1S/C20H18Cl2N4O/c1-10(2)17(19-24-14-5-3-4-6-15(14)25-19)26-20(27)18-16(22)12-9-11(21)7-8-13(12)23-18/h3-10,17,23H,1-2H3,(H,24,25)(H,26,27). The second kappa shape index (κ2) is 6.91. The van der Waals surface area contributed by atoms with Crippen molar-refractivity contribution in [3.05, 3.63) is 64.0 Å². The summed E-state index contributed by atoms with van der Waals surface area (Å²) in [7, 11) is 0. The van der Waals surface area contributed by atoms with Crippen molar-refractivity contribution in [3.8, 4) is 0 Å². The number of fused-ring (bicyclic) bond motifs is 2. The van der Waals surface area contributed by atoms with Gasteiger partial charge in [0.05, 0.1) is 22.1 Å². The van der Waals surface area contributed by atoms with Crippen LogP contribution in [0.3, 0.4) is 0 Å². The Hall–Kier alpha value is -2.50. The summed E-state index contributed by atoms with van der Waals surface area (Å²) in [5, 5.41) is 4.69. The molecule has 0 aliphatic heterocycles. The third-order valence-corrected chi connectivity index (χ3v) is 5.21. The van der Waals surface area contributed by atoms with E-state index in [1.54, 1.807) is 18.2 Å². The first kappa shape index (κ1) is 17.9. The number of aromatic amines is 2. The zero-order valence-electron chi connectivity index (χ0n) is 14.8. The van der Waals surface area contributed by atoms with E-state index in [0.29, 0.717) is 15.7 Å². The Bertz CT molecular complexity index is 1110. The molecule has 3 N–H and O–H groups in total. The molecule has 0 aliphatic carbocycles. The van der Waals surface area contributed by atoms with Gasteiger partial charge in [0.25, 0.3) is 5.91 Å². The normalized spacial score (nSPS) is 12.8. The van der Waals surface area contributed by atoms with Crippen LogP contribution < -0.4 is 5.32 Å². The Morgan fingerprint density at radius 3 is 2.59 bits per heavy atom. The Morgan fingerprint density at radius 2 is 1.85 bits per heavy atom. The van der Waals surface area contributed by atoms with Crippen LogP contribution in [0.4, 0.5) is 0 Å². The number of hydrogen-bond donors (Lipinski definition) is 3. The number of imidazole rings is 1. The number of carbonyl (C=O) groups is 1. The average molecular weight is 401 g/mol. The average Bonchev–Trinajstić information content (AvgIpc) is 3.20. The molecule has 0 saturated carbocycles. The first-order chi connectivity index (χ1) is 12.9. The minimum absolute atomic E-state index is 0.132. The molecule has 0 aliphatic rings. The van der Waals surface area contributed by atoms with Crippen LogP contribution in [0.5, 0.6) is 0 Å². The van der Waals surface area contributed by atoms with Gasteiger partial charge in [0.1, 0.15) is 11.5 Å². The molecule has 2 aromatic heterocycles. The van der Waals surface area contributed by atoms with Crippen LogP contribution in [0.25, 0.3) is 21.9 Å². The highest BCUT2D eigenvalue weighted by molar-refractivity contribution is 6.39. The number of nitrogens with one attached hydrogen (secondary N) is 3. The van der Waals surface area contributed by atoms with Crippen molar-refractivity contribution in [2.75, 3.05) is 0 Å². The molecule has 0 spiro atoms. The summed E-state index contributed by atoms with van der Waals surface area (Å²) in [4.78, 5) is 23.9. The highest BCUT2D eigenvalue weighted by atomic mass is 35.5. The molecule has 5 nitrogen and oxygen atoms in total. The number of aromatic nitrogens is 3. The van der Waals surface area contributed by atoms with E-state index in [1.165, 1.54) is 0 Å². The maximum absolute atomic E-state index is 12.9. The van der Waals surface area contributed by atoms with Gasteiger partial charge in [0, 0.05) is 15.9 Å². The van der Waals surface area contributed by atoms with E-state index in [4.69, 9.17) is 23.2 Å². The van der Waals surface area contributed by atoms with Gasteiger partial charge in [-0.25, -0.2) is 4.98 Å². The number of carbonyl (C=O) groups excluding carboxylic acids is 1. The maximum atomic E-state index is 12.9. The van der Waals surface area contributed by atoms with Gasteiger partial charge in [-0.3, -0.25) is 4.79 Å². The van der Waals surface area contributed by atoms with Gasteiger partial charge >= 0.3 is 0 Å². The van der Waals surface area contributed by atoms with E-state index < -0.39 is 0 Å². The molecule has 1 unspecified atom stereocenters. The molecular weight excluding hydrogens is 383 g/mol. The monoisotopic (exact) mass is 400 g/mol. The topological polar surface area (TPSA) is 73.6 Å². The second-order valence-corrected chi connectivity index (χ2v) is 7.65. The van der Waals surface area contributed by atoms with Gasteiger partial charge in [-0.1, -0.05) is 49.2 Å². The quantitative estimate of drug-likeness (QED) is 0.424. The summed E-state index contributed by atoms with van der Waals surface area (Å²) in [6, 6.07) is 12.8. The van der Waals surface area contributed by atoms with Crippen molar-refractivity contribution in [2.45, 2.75) is 19.9 Å². The van der Waals surface area contributed by atoms with Crippen LogP contribution in [0, 0.1) is 5.92 Å². The number of hydrogen-bond acceptors (Lipinski definition) is 2. The van der Waals surface area contributed by atoms with E-state index in [2.05, 4.69) is 20.3 Å². The largest absolute Gasteiger partial charge is 0.349 e. The Balaban J connectivity index is 1.67. The second-order valence-electron chi connectivity index (χ2n) is 6.84. The van der Waals surface area contributed by atoms with Crippen LogP contribution in [0.1, 0.15) is 36.2 Å². The summed E-state index contributed by atoms with van der Waals surface area (Å²) in [6.07, 6.45) is 0. The number of halogens is 2. The first-order valence-corrected chi connectivity index (χ1v) is 9.42. The molecule has 27 heavy (non-hydrogen) atoms. The minimum atomic E-state index is -0.286. The third-order valence-electron chi connectivity index (χ3n) is 4.58. The van der Waals surface area contributed by atoms with Gasteiger partial charge < -0.3 is 15.3 Å². The van der Waals surface area contributed by atoms with Crippen molar-refractivity contribution in [2.24, 2.45) is 5.92 Å². The van der Waals surface area contributed by atoms with Crippen molar-refractivity contribution < 1.29 is 4.79 Å². The van der Waals surface area contributed by atoms with Gasteiger partial charge in [-0.15, -0.1) is 0 Å². The van der Waals surface area contributed by atoms with E-state index in [0.717, 1.165) is 27.8 Å². The molecule has 0 bridgehead atoms. The summed E-state index contributed by atoms with van der Waals surface area (Å²) in [5.74, 6) is 0.563. The zero-order chi connectivity index (χ0) is 19.1. The molecule has 0 saturated heterocycles. The smallest absolute Gasteiger partial charge is 0.269 e. The fourth-order valence-electron chi connectivity index (χ4n) is 3.17. The van der Waals surface area contributed by atoms with Crippen molar-refractivity contribution >= 4 is 51.0 Å². The molecule has 0 fully saturated rings. The fraction of sp³-hybridized carbons (Fsp3) is 0.200. The maximum Gasteiger partial charge on any atom is 0.269 e. The van der Waals surface area contributed by atoms with Gasteiger partial charge in [-0.2, -0.15) is 0 Å². The summed E-state index contributed by atoms with van der Waals surface area (Å²) in [6.45, 7) is 4.06. The lowest BCUT2D eigenvalue weighted by Crippen LogP contribution is -2.32. The zero-order valence-corrected chi connectivity index (χ0v) is 16.3. The lowest BCUT2D eigenvalue weighted by Gasteiger charge is -2.20. The van der Waals surface area contributed by atoms with Crippen molar-refractivity contribution in [3.63, 3.8) is 0 Å². The van der Waals surface area contributed by atoms with Crippen molar-refractivity contribution in [1.29, 1.82) is 0 Å². The summed E-state index contributed by atoms with van der Waals surface area (Å²) in [5.41, 5.74) is 2.88. The van der Waals surface area contributed by atoms with Crippen LogP contribution in [-0.4, -0.2) is 20.9 Å². The number of amides is 1. The molecule has 4 rings (SSSR count). The molecule has 2 aromatic carbocycles. The van der Waals surface area contributed by atoms with Gasteiger partial charge in [0.15, 0.2) is 0 Å². The Labute approximate surface area is 166 Å². The SMILES string of the molecule is CC(C)C(NC(=O)c1[nH]c2ccc(Cl)cc2c1Cl)c1nc2ccccc2[nH]1. The van der Waals surface area contributed by atoms with E-state index >= 15 is 0 Å². The van der Waals surface area contributed by atoms with Crippen LogP contribution in [-0.2, 0) is 0 Å². The van der Waals surface area contributed by atoms with Crippen LogP contribution >= 0.6 is 23.2 Å². The summed E-state index contributed by atoms with van der Waals surface area (Å²) >= 11 is 12.5. The lowest BCUT2D eigenvalue weighted by atomic mass is 10.0. The Kier molecular flexibility index (Phi) is 4.58. The predicted octanol–water partition coefficient (Wildman–Crippen LogP) is 5.48. The molecule has 1 amide bonds. The fourth-order valence-corrected chi connectivity index (χ4v) is 3.63. The molecular formula is C20H18Cl2N4O. The van der Waals surface area contributed by atoms with E-state index in [9.17, 15) is 4.79 Å². The minimum Gasteiger partial charge on any atom is -0.349 e. The number of rotatable bonds is 4. The number of para-hydroxylation sites is 2. The third kappa shape index (κ3) is 3.29. The molecule has 0 radical (unpaired) electrons. The molecule has 4 aromatic rings. The molecule has 2 heterocycles. The molecule has 138 valence electrons. The molecule has 7 heteroatoms. The first-order valence-electron chi connectivity index (χ1n) is 8.66. The number of H-pyrrole nitrogens is 2. The van der Waals surface area contributed by atoms with Crippen LogP contribution in [0.2, 0.25) is 10.0 Å². The lowest BCUT2D eigenvalue weighted by molar-refractivity contribution is 0.0919. The number of nitrogens with zero attached hydrogens (tertiary/aromatic N) is 1. The van der Waals surface area contributed by atoms with E-state index in [1.807, 2.05) is 38.1 Å². The Morgan fingerprint density at radius 1 is 1.07 bits per heavy atom. The van der Waals surface area contributed by atoms with Gasteiger partial charge in [-0.05, 0) is 36.2 Å². The predicted molar refractivity (Wildman–Crippen MR) is 109 cm³/mol. The highest BCUT2D eigenvalue weighted by Gasteiger charge is 2.25. The molecule has 1 atom stereocenters. The number of benzene rings is 2. The van der Waals surface area contributed by atoms with Crippen molar-refractivity contribution in [1.82, 2.24) is 20.3 Å². The highest BCUT2D eigenvalue weighted by Crippen LogP contribution is 2.30. The summed E-state index contributed by atoms with van der Waals surface area (Å²) < 4.78 is 0. The van der Waals surface area contributed by atoms with Crippen LogP contribution in [0.15, 0.2) is 42.5 Å².